The first-order valence-electron chi connectivity index (χ1n) is 29.3. The Balaban J connectivity index is 0.000000135. The Morgan fingerprint density at radius 2 is 0.570 bits per heavy atom. The minimum atomic E-state index is 0.974. The van der Waals surface area contributed by atoms with E-state index in [0.717, 1.165) is 56.3 Å². The van der Waals surface area contributed by atoms with Crippen molar-refractivity contribution in [2.75, 3.05) is 0 Å². The van der Waals surface area contributed by atoms with E-state index in [9.17, 15) is 0 Å². The van der Waals surface area contributed by atoms with Crippen molar-refractivity contribution in [3.63, 3.8) is 0 Å². The maximum absolute atomic E-state index is 5.11. The molecule has 6 aromatic heterocycles. The first-order chi connectivity index (χ1) is 42.7. The van der Waals surface area contributed by atoms with Crippen molar-refractivity contribution in [1.82, 2.24) is 28.2 Å². The largest absolute Gasteiger partial charge is 0.309 e. The minimum Gasteiger partial charge on any atom is -0.309 e. The highest BCUT2D eigenvalue weighted by atomic mass is 15.0. The van der Waals surface area contributed by atoms with Crippen molar-refractivity contribution in [3.8, 4) is 56.4 Å². The van der Waals surface area contributed by atoms with Crippen molar-refractivity contribution in [2.45, 2.75) is 0 Å². The highest BCUT2D eigenvalue weighted by molar-refractivity contribution is 6.19. The van der Waals surface area contributed by atoms with Gasteiger partial charge in [-0.25, -0.2) is 0 Å². The summed E-state index contributed by atoms with van der Waals surface area (Å²) in [6, 6.07) is 108. The molecule has 0 aliphatic carbocycles. The fraction of sp³-hybridized carbons (Fsp3) is 0. The minimum absolute atomic E-state index is 0.974. The highest BCUT2D eigenvalue weighted by Gasteiger charge is 2.22. The van der Waals surface area contributed by atoms with Gasteiger partial charge < -0.3 is 18.3 Å². The standard InChI is InChI=1S/C41H27N3.C39H25N3/c1-3-12-28(13-4-1)29-22-24-31(25-23-29)43-38-20-10-8-17-34(38)41-33(18-11-21-39(41)43)36-26-35-32-16-7-9-19-37(32)44(40(35)27-42-36)30-14-5-2-6-15-30;1-2-13-28(14-3-1)41-35-18-8-6-15-30(35)33-24-34(40-25-38(33)41)31-17-10-20-37-39(31)32-16-7-9-19-36(32)42(37)29-22-21-26-11-4-5-12-27(26)23-29/h1-27H;1-25H. The van der Waals surface area contributed by atoms with Crippen LogP contribution in [-0.4, -0.2) is 28.2 Å². The van der Waals surface area contributed by atoms with Gasteiger partial charge in [0.1, 0.15) is 0 Å². The zero-order valence-corrected chi connectivity index (χ0v) is 46.7. The molecule has 18 rings (SSSR count). The molecule has 6 heteroatoms. The van der Waals surface area contributed by atoms with Crippen LogP contribution in [0.3, 0.4) is 0 Å². The van der Waals surface area contributed by atoms with Crippen LogP contribution in [0.4, 0.5) is 0 Å². The lowest BCUT2D eigenvalue weighted by Crippen LogP contribution is -1.94. The van der Waals surface area contributed by atoms with E-state index in [0.29, 0.717) is 0 Å². The van der Waals surface area contributed by atoms with Gasteiger partial charge in [-0.05, 0) is 119 Å². The van der Waals surface area contributed by atoms with E-state index in [1.165, 1.54) is 98.1 Å². The molecule has 0 spiro atoms. The quantitative estimate of drug-likeness (QED) is 0.160. The van der Waals surface area contributed by atoms with Gasteiger partial charge in [-0.1, -0.05) is 206 Å². The second-order valence-electron chi connectivity index (χ2n) is 22.1. The van der Waals surface area contributed by atoms with Gasteiger partial charge in [0.2, 0.25) is 0 Å². The van der Waals surface area contributed by atoms with E-state index in [1.54, 1.807) is 0 Å². The molecular formula is C80H52N6. The molecule has 0 saturated carbocycles. The molecule has 12 aromatic carbocycles. The SMILES string of the molecule is c1ccc(-c2ccc(-n3c4ccccc4c4c(-c5cc6c7ccccc7n(-c7ccccc7)c6cn5)cccc43)cc2)cc1.c1ccc(-n2c3ccccc3c3cc(-c4cccc5c4c4ccccc4n5-c4ccc5ccccc5c4)ncc32)cc1. The maximum atomic E-state index is 5.11. The van der Waals surface area contributed by atoms with Crippen LogP contribution in [0, 0.1) is 0 Å². The summed E-state index contributed by atoms with van der Waals surface area (Å²) in [7, 11) is 0. The average molecular weight is 1100 g/mol. The number of nitrogens with zero attached hydrogens (tertiary/aromatic N) is 6. The predicted molar refractivity (Wildman–Crippen MR) is 360 cm³/mol. The molecular weight excluding hydrogens is 1040 g/mol. The van der Waals surface area contributed by atoms with Crippen molar-refractivity contribution < 1.29 is 0 Å². The van der Waals surface area contributed by atoms with Crippen LogP contribution in [0.5, 0.6) is 0 Å². The lowest BCUT2D eigenvalue weighted by Gasteiger charge is -2.10. The lowest BCUT2D eigenvalue weighted by atomic mass is 10.0. The Hall–Kier alpha value is -11.6. The van der Waals surface area contributed by atoms with Crippen LogP contribution >= 0.6 is 0 Å². The third-order valence-electron chi connectivity index (χ3n) is 17.3. The number of aromatic nitrogens is 6. The van der Waals surface area contributed by atoms with Crippen LogP contribution in [0.25, 0.3) is 154 Å². The number of rotatable bonds is 7. The highest BCUT2D eigenvalue weighted by Crippen LogP contribution is 2.43. The lowest BCUT2D eigenvalue weighted by molar-refractivity contribution is 1.17. The maximum Gasteiger partial charge on any atom is 0.0724 e. The van der Waals surface area contributed by atoms with E-state index in [2.05, 4.69) is 322 Å². The zero-order valence-electron chi connectivity index (χ0n) is 46.7. The van der Waals surface area contributed by atoms with Gasteiger partial charge in [0, 0.05) is 77.0 Å². The molecule has 0 N–H and O–H groups in total. The second kappa shape index (κ2) is 20.1. The monoisotopic (exact) mass is 1100 g/mol. The number of pyridine rings is 2. The Labute approximate surface area is 495 Å². The number of hydrogen-bond acceptors (Lipinski definition) is 2. The van der Waals surface area contributed by atoms with E-state index in [-0.39, 0.29) is 0 Å². The second-order valence-corrected chi connectivity index (χ2v) is 22.1. The molecule has 0 saturated heterocycles. The van der Waals surface area contributed by atoms with E-state index < -0.39 is 0 Å². The van der Waals surface area contributed by atoms with Gasteiger partial charge in [0.05, 0.1) is 67.9 Å². The molecule has 0 unspecified atom stereocenters. The van der Waals surface area contributed by atoms with Crippen LogP contribution in [0.1, 0.15) is 0 Å². The third kappa shape index (κ3) is 7.88. The van der Waals surface area contributed by atoms with E-state index in [4.69, 9.17) is 9.97 Å². The normalized spacial score (nSPS) is 11.7. The Morgan fingerprint density at radius 3 is 1.08 bits per heavy atom. The van der Waals surface area contributed by atoms with Crippen molar-refractivity contribution in [1.29, 1.82) is 0 Å². The van der Waals surface area contributed by atoms with E-state index in [1.807, 2.05) is 12.4 Å². The van der Waals surface area contributed by atoms with Gasteiger partial charge in [0.25, 0.3) is 0 Å². The molecule has 0 bridgehead atoms. The zero-order chi connectivity index (χ0) is 56.7. The molecule has 0 amide bonds. The molecule has 0 aliphatic heterocycles. The summed E-state index contributed by atoms with van der Waals surface area (Å²) < 4.78 is 9.39. The molecule has 0 fully saturated rings. The van der Waals surface area contributed by atoms with Crippen LogP contribution in [0.2, 0.25) is 0 Å². The average Bonchev–Trinajstić information content (AvgIpc) is 1.78. The first-order valence-corrected chi connectivity index (χ1v) is 29.3. The van der Waals surface area contributed by atoms with Crippen molar-refractivity contribution in [2.24, 2.45) is 0 Å². The fourth-order valence-electron chi connectivity index (χ4n) is 13.5. The first kappa shape index (κ1) is 49.0. The van der Waals surface area contributed by atoms with Crippen LogP contribution in [0.15, 0.2) is 316 Å². The smallest absolute Gasteiger partial charge is 0.0724 e. The van der Waals surface area contributed by atoms with Crippen LogP contribution in [-0.2, 0) is 0 Å². The number of para-hydroxylation sites is 6. The number of benzene rings is 12. The van der Waals surface area contributed by atoms with Crippen molar-refractivity contribution >= 4 is 98.0 Å². The Morgan fingerprint density at radius 1 is 0.209 bits per heavy atom. The summed E-state index contributed by atoms with van der Waals surface area (Å²) in [4.78, 5) is 10.2. The summed E-state index contributed by atoms with van der Waals surface area (Å²) >= 11 is 0. The van der Waals surface area contributed by atoms with Gasteiger partial charge in [-0.2, -0.15) is 0 Å². The molecule has 86 heavy (non-hydrogen) atoms. The summed E-state index contributed by atoms with van der Waals surface area (Å²) in [5.41, 5.74) is 20.5. The number of hydrogen-bond donors (Lipinski definition) is 0. The molecule has 6 heterocycles. The number of fused-ring (bicyclic) bond motifs is 13. The molecule has 402 valence electrons. The molecule has 6 nitrogen and oxygen atoms in total. The summed E-state index contributed by atoms with van der Waals surface area (Å²) in [5, 5.41) is 12.2. The van der Waals surface area contributed by atoms with E-state index >= 15 is 0 Å². The van der Waals surface area contributed by atoms with Gasteiger partial charge in [-0.3, -0.25) is 9.97 Å². The fourth-order valence-corrected chi connectivity index (χ4v) is 13.5. The molecule has 0 atom stereocenters. The summed E-state index contributed by atoms with van der Waals surface area (Å²) in [5.74, 6) is 0. The predicted octanol–water partition coefficient (Wildman–Crippen LogP) is 20.7. The van der Waals surface area contributed by atoms with Crippen LogP contribution < -0.4 is 0 Å². The Bertz CT molecular complexity index is 5630. The van der Waals surface area contributed by atoms with Crippen molar-refractivity contribution in [3.05, 3.63) is 316 Å². The molecule has 18 aromatic rings. The van der Waals surface area contributed by atoms with Gasteiger partial charge in [-0.15, -0.1) is 0 Å². The summed E-state index contributed by atoms with van der Waals surface area (Å²) in [6.07, 6.45) is 4.08. The molecule has 0 aliphatic rings. The van der Waals surface area contributed by atoms with Gasteiger partial charge >= 0.3 is 0 Å². The Kier molecular flexibility index (Phi) is 11.5. The summed E-state index contributed by atoms with van der Waals surface area (Å²) in [6.45, 7) is 0. The third-order valence-corrected chi connectivity index (χ3v) is 17.3. The molecule has 0 radical (unpaired) electrons. The van der Waals surface area contributed by atoms with Gasteiger partial charge in [0.15, 0.2) is 0 Å². The topological polar surface area (TPSA) is 45.5 Å².